The number of amides is 7. The van der Waals surface area contributed by atoms with Crippen molar-refractivity contribution < 1.29 is 58.5 Å². The van der Waals surface area contributed by atoms with E-state index < -0.39 is 128 Å². The second-order valence-electron chi connectivity index (χ2n) is 12.7. The van der Waals surface area contributed by atoms with E-state index in [1.807, 2.05) is 5.43 Å². The molecule has 2 rings (SSSR count). The van der Waals surface area contributed by atoms with Gasteiger partial charge in [-0.05, 0) is 31.2 Å². The highest BCUT2D eigenvalue weighted by Gasteiger charge is 2.36. The summed E-state index contributed by atoms with van der Waals surface area (Å²) in [7, 11) is 0. The smallest absolute Gasteiger partial charge is 0.245 e. The summed E-state index contributed by atoms with van der Waals surface area (Å²) < 4.78 is 0. The van der Waals surface area contributed by atoms with Crippen LogP contribution in [-0.2, 0) is 49.6 Å². The van der Waals surface area contributed by atoms with Crippen LogP contribution in [0.1, 0.15) is 44.1 Å². The van der Waals surface area contributed by atoms with Gasteiger partial charge in [0.05, 0.1) is 25.3 Å². The minimum atomic E-state index is -2.08. The van der Waals surface area contributed by atoms with Crippen LogP contribution in [0.3, 0.4) is 0 Å². The lowest BCUT2D eigenvalue weighted by atomic mass is 9.98. The number of rotatable bonds is 14. The van der Waals surface area contributed by atoms with Crippen molar-refractivity contribution in [1.29, 1.82) is 0 Å². The molecule has 22 heteroatoms. The van der Waals surface area contributed by atoms with Gasteiger partial charge in [0.1, 0.15) is 42.6 Å². The fourth-order valence-electron chi connectivity index (χ4n) is 5.44. The molecule has 55 heavy (non-hydrogen) atoms. The minimum Gasteiger partial charge on any atom is -0.394 e. The quantitative estimate of drug-likeness (QED) is 0.0361. The molecule has 1 fully saturated rings. The van der Waals surface area contributed by atoms with E-state index in [0.29, 0.717) is 12.0 Å². The molecule has 0 radical (unpaired) electrons. The molecule has 1 saturated heterocycles. The van der Waals surface area contributed by atoms with E-state index in [1.54, 1.807) is 30.3 Å². The Morgan fingerprint density at radius 3 is 1.96 bits per heavy atom. The maximum Gasteiger partial charge on any atom is 0.245 e. The zero-order chi connectivity index (χ0) is 41.1. The van der Waals surface area contributed by atoms with Crippen LogP contribution in [-0.4, -0.2) is 137 Å². The number of aliphatic hydroxyl groups excluding tert-OH is 3. The van der Waals surface area contributed by atoms with Crippen molar-refractivity contribution in [3.63, 3.8) is 0 Å². The summed E-state index contributed by atoms with van der Waals surface area (Å²) in [6, 6.07) is -2.55. The highest BCUT2D eigenvalue weighted by Crippen LogP contribution is 2.09. The van der Waals surface area contributed by atoms with Gasteiger partial charge in [0, 0.05) is 25.8 Å². The molecule has 0 saturated carbocycles. The molecule has 1 aromatic rings. The molecule has 16 N–H and O–H groups in total. The van der Waals surface area contributed by atoms with E-state index in [4.69, 9.17) is 17.3 Å². The minimum absolute atomic E-state index is 0.0427. The van der Waals surface area contributed by atoms with Crippen LogP contribution in [0.15, 0.2) is 30.3 Å². The average molecular weight is 779 g/mol. The summed E-state index contributed by atoms with van der Waals surface area (Å²) in [5, 5.41) is 44.9. The van der Waals surface area contributed by atoms with Crippen molar-refractivity contribution in [2.75, 3.05) is 19.8 Å². The molecule has 1 heterocycles. The van der Waals surface area contributed by atoms with Gasteiger partial charge in [0.15, 0.2) is 5.78 Å². The predicted molar refractivity (Wildman–Crippen MR) is 190 cm³/mol. The summed E-state index contributed by atoms with van der Waals surface area (Å²) in [6.07, 6.45) is -2.88. The molecule has 1 aromatic carbocycles. The first-order valence-corrected chi connectivity index (χ1v) is 17.4. The maximum absolute atomic E-state index is 13.5. The molecule has 0 spiro atoms. The number of Topliss-reactive ketones (excluding diaryl/α,β-unsaturated/α-hetero) is 1. The van der Waals surface area contributed by atoms with Crippen LogP contribution in [0.25, 0.3) is 0 Å². The molecule has 1 aliphatic rings. The van der Waals surface area contributed by atoms with Crippen LogP contribution in [0.4, 0.5) is 0 Å². The lowest BCUT2D eigenvalue weighted by Crippen LogP contribution is -2.61. The Morgan fingerprint density at radius 2 is 1.42 bits per heavy atom. The number of ketones is 1. The van der Waals surface area contributed by atoms with Crippen LogP contribution in [0.5, 0.6) is 0 Å². The Kier molecular flexibility index (Phi) is 19.5. The number of hydrogen-bond acceptors (Lipinski definition) is 15. The molecule has 0 aromatic heterocycles. The normalized spacial score (nSPS) is 24.2. The summed E-state index contributed by atoms with van der Waals surface area (Å²) in [6.45, 7) is -1.99. The molecule has 0 bridgehead atoms. The SMILES string of the molecule is NN[C@@H](CC(N)=O)C(O)C(=O)[C@H](C=O)NC1CCC(=O)NCCCCC(C(N)=O)NC(=O)[C@H](Cc2ccccc2)NC(=O)C(CO)NC(=O)[C@H](CO)NC1=O. The molecular weight excluding hydrogens is 728 g/mol. The van der Waals surface area contributed by atoms with Crippen molar-refractivity contribution >= 4 is 53.4 Å². The Bertz CT molecular complexity index is 1520. The number of aliphatic hydroxyl groups is 3. The largest absolute Gasteiger partial charge is 0.394 e. The third-order valence-corrected chi connectivity index (χ3v) is 8.56. The van der Waals surface area contributed by atoms with Gasteiger partial charge >= 0.3 is 0 Å². The number of hydrazine groups is 1. The van der Waals surface area contributed by atoms with E-state index in [1.165, 1.54) is 0 Å². The third kappa shape index (κ3) is 15.1. The number of nitrogens with one attached hydrogen (secondary N) is 7. The number of hydrogen-bond donors (Lipinski definition) is 13. The van der Waals surface area contributed by atoms with Gasteiger partial charge in [-0.2, -0.15) is 0 Å². The number of carbonyl (C=O) groups is 9. The number of aldehydes is 1. The highest BCUT2D eigenvalue weighted by atomic mass is 16.3. The lowest BCUT2D eigenvalue weighted by Gasteiger charge is -2.27. The first-order chi connectivity index (χ1) is 26.1. The van der Waals surface area contributed by atoms with Crippen LogP contribution in [0, 0.1) is 0 Å². The van der Waals surface area contributed by atoms with Crippen molar-refractivity contribution in [3.8, 4) is 0 Å². The topological polar surface area (TPSA) is 377 Å². The number of benzene rings is 1. The van der Waals surface area contributed by atoms with Crippen molar-refractivity contribution in [2.45, 2.75) is 93.3 Å². The summed E-state index contributed by atoms with van der Waals surface area (Å²) in [4.78, 5) is 115. The molecule has 304 valence electrons. The molecule has 7 amide bonds. The molecule has 4 unspecified atom stereocenters. The predicted octanol–water partition coefficient (Wildman–Crippen LogP) is -7.12. The molecule has 22 nitrogen and oxygen atoms in total. The van der Waals surface area contributed by atoms with Gasteiger partial charge in [-0.3, -0.25) is 54.9 Å². The number of carbonyl (C=O) groups excluding carboxylic acids is 9. The van der Waals surface area contributed by atoms with E-state index in [9.17, 15) is 58.5 Å². The van der Waals surface area contributed by atoms with Gasteiger partial charge in [0.2, 0.25) is 41.4 Å². The van der Waals surface area contributed by atoms with Gasteiger partial charge < -0.3 is 58.2 Å². The van der Waals surface area contributed by atoms with E-state index in [0.717, 1.165) is 0 Å². The number of nitrogens with two attached hydrogens (primary N) is 3. The zero-order valence-corrected chi connectivity index (χ0v) is 29.9. The van der Waals surface area contributed by atoms with Crippen LogP contribution >= 0.6 is 0 Å². The molecular formula is C33H50N10O12. The van der Waals surface area contributed by atoms with Crippen LogP contribution in [0.2, 0.25) is 0 Å². The highest BCUT2D eigenvalue weighted by molar-refractivity contribution is 6.01. The van der Waals surface area contributed by atoms with Crippen molar-refractivity contribution in [2.24, 2.45) is 17.3 Å². The second-order valence-corrected chi connectivity index (χ2v) is 12.7. The number of primary amides is 2. The maximum atomic E-state index is 13.5. The third-order valence-electron chi connectivity index (χ3n) is 8.56. The first-order valence-electron chi connectivity index (χ1n) is 17.4. The summed E-state index contributed by atoms with van der Waals surface area (Å²) >= 11 is 0. The zero-order valence-electron chi connectivity index (χ0n) is 29.9. The van der Waals surface area contributed by atoms with Gasteiger partial charge in [-0.1, -0.05) is 30.3 Å². The van der Waals surface area contributed by atoms with E-state index >= 15 is 0 Å². The standard InChI is InChI=1S/C33H50N10O12/c34-25(47)13-20(43-36)27(49)28(50)22(14-44)38-19-9-10-26(48)37-11-5-4-8-18(29(35)51)39-31(53)21(12-17-6-2-1-3-7-17)40-32(54)23(15-45)42-33(55)24(16-46)41-30(19)52/h1-3,6-7,14,18-24,27,38,43,45-46,49H,4-5,8-13,15-16,36H2,(H2,34,47)(H2,35,51)(H,37,48)(H,39,53)(H,40,54)(H,41,52)(H,42,55)/t18?,19?,20-,21-,22-,23?,24-,27?/m0/s1. The summed E-state index contributed by atoms with van der Waals surface area (Å²) in [5.74, 6) is -2.48. The summed E-state index contributed by atoms with van der Waals surface area (Å²) in [5.41, 5.74) is 13.3. The average Bonchev–Trinajstić information content (AvgIpc) is 3.16. The Hall–Kier alpha value is -5.39. The van der Waals surface area contributed by atoms with Crippen molar-refractivity contribution in [3.05, 3.63) is 35.9 Å². The molecule has 8 atom stereocenters. The van der Waals surface area contributed by atoms with Crippen molar-refractivity contribution in [1.82, 2.24) is 37.3 Å². The van der Waals surface area contributed by atoms with Crippen LogP contribution < -0.4 is 54.6 Å². The fraction of sp³-hybridized carbons (Fsp3) is 0.545. The Labute approximate surface area is 315 Å². The van der Waals surface area contributed by atoms with E-state index in [2.05, 4.69) is 31.9 Å². The van der Waals surface area contributed by atoms with Gasteiger partial charge in [-0.25, -0.2) is 0 Å². The molecule has 1 aliphatic heterocycles. The fourth-order valence-corrected chi connectivity index (χ4v) is 5.44. The molecule has 0 aliphatic carbocycles. The first kappa shape index (κ1) is 45.8. The Morgan fingerprint density at radius 1 is 0.836 bits per heavy atom. The van der Waals surface area contributed by atoms with Gasteiger partial charge in [-0.15, -0.1) is 0 Å². The van der Waals surface area contributed by atoms with E-state index in [-0.39, 0.29) is 32.1 Å². The second kappa shape index (κ2) is 23.4. The monoisotopic (exact) mass is 778 g/mol. The Balaban J connectivity index is 2.42. The van der Waals surface area contributed by atoms with Gasteiger partial charge in [0.25, 0.3) is 0 Å². The lowest BCUT2D eigenvalue weighted by molar-refractivity contribution is -0.136.